The Morgan fingerprint density at radius 3 is 2.17 bits per heavy atom. The molecule has 3 rings (SSSR count). The van der Waals surface area contributed by atoms with Crippen molar-refractivity contribution < 1.29 is 22.7 Å². The van der Waals surface area contributed by atoms with Crippen molar-refractivity contribution >= 4 is 50.7 Å². The van der Waals surface area contributed by atoms with E-state index in [0.717, 1.165) is 9.87 Å². The molecule has 0 fully saturated rings. The van der Waals surface area contributed by atoms with Gasteiger partial charge in [0.25, 0.3) is 10.0 Å². The number of rotatable bonds is 10. The Bertz CT molecular complexity index is 1510. The van der Waals surface area contributed by atoms with Crippen molar-refractivity contribution in [3.8, 4) is 5.75 Å². The number of ether oxygens (including phenoxy) is 1. The van der Waals surface area contributed by atoms with Gasteiger partial charge in [-0.05, 0) is 76.6 Å². The van der Waals surface area contributed by atoms with Crippen LogP contribution < -0.4 is 14.4 Å². The Morgan fingerprint density at radius 1 is 0.976 bits per heavy atom. The molecular weight excluding hydrogens is 585 g/mol. The first-order chi connectivity index (χ1) is 19.1. The van der Waals surface area contributed by atoms with E-state index in [9.17, 15) is 18.0 Å². The highest BCUT2D eigenvalue weighted by Crippen LogP contribution is 2.32. The van der Waals surface area contributed by atoms with E-state index in [4.69, 9.17) is 27.9 Å². The fourth-order valence-corrected chi connectivity index (χ4v) is 5.90. The van der Waals surface area contributed by atoms with Crippen molar-refractivity contribution in [2.24, 2.45) is 0 Å². The molecule has 2 amide bonds. The zero-order valence-corrected chi connectivity index (χ0v) is 26.3. The van der Waals surface area contributed by atoms with Crippen LogP contribution in [-0.2, 0) is 26.2 Å². The molecule has 1 atom stereocenters. The summed E-state index contributed by atoms with van der Waals surface area (Å²) in [6.45, 7) is 8.33. The van der Waals surface area contributed by atoms with Crippen LogP contribution in [-0.4, -0.2) is 50.4 Å². The molecule has 3 aromatic rings. The van der Waals surface area contributed by atoms with Crippen LogP contribution in [0.3, 0.4) is 0 Å². The molecule has 0 aliphatic rings. The lowest BCUT2D eigenvalue weighted by atomic mass is 10.1. The summed E-state index contributed by atoms with van der Waals surface area (Å²) in [6, 6.07) is 16.8. The van der Waals surface area contributed by atoms with Gasteiger partial charge in [-0.3, -0.25) is 13.9 Å². The van der Waals surface area contributed by atoms with Crippen molar-refractivity contribution in [3.63, 3.8) is 0 Å². The summed E-state index contributed by atoms with van der Waals surface area (Å²) in [5.74, 6) is -0.648. The van der Waals surface area contributed by atoms with Crippen LogP contribution >= 0.6 is 23.2 Å². The molecule has 41 heavy (non-hydrogen) atoms. The van der Waals surface area contributed by atoms with Gasteiger partial charge < -0.3 is 15.0 Å². The monoisotopic (exact) mass is 619 g/mol. The molecular formula is C30H35Cl2N3O5S. The van der Waals surface area contributed by atoms with Crippen LogP contribution in [0.15, 0.2) is 71.6 Å². The molecule has 0 aromatic heterocycles. The number of anilines is 1. The summed E-state index contributed by atoms with van der Waals surface area (Å²) in [5, 5.41) is 3.48. The first-order valence-electron chi connectivity index (χ1n) is 12.9. The van der Waals surface area contributed by atoms with Gasteiger partial charge in [0.05, 0.1) is 22.7 Å². The van der Waals surface area contributed by atoms with E-state index in [1.54, 1.807) is 43.3 Å². The minimum Gasteiger partial charge on any atom is -0.495 e. The van der Waals surface area contributed by atoms with Crippen LogP contribution in [0.2, 0.25) is 10.0 Å². The largest absolute Gasteiger partial charge is 0.495 e. The molecule has 0 heterocycles. The fourth-order valence-electron chi connectivity index (χ4n) is 4.04. The van der Waals surface area contributed by atoms with E-state index in [2.05, 4.69) is 5.32 Å². The van der Waals surface area contributed by atoms with Crippen molar-refractivity contribution in [3.05, 3.63) is 87.9 Å². The maximum atomic E-state index is 14.0. The first-order valence-corrected chi connectivity index (χ1v) is 15.1. The van der Waals surface area contributed by atoms with Crippen molar-refractivity contribution in [1.82, 2.24) is 10.2 Å². The molecule has 3 aromatic carbocycles. The number of carbonyl (C=O) groups is 2. The Hall–Kier alpha value is -3.27. The SMILES string of the molecule is COc1ccc(N(CC(=O)N(Cc2ccccc2Cl)[C@H](C)C(=O)NC(C)(C)C)S(=O)(=O)c2ccc(C)cc2)cc1Cl. The molecule has 0 unspecified atom stereocenters. The average Bonchev–Trinajstić information content (AvgIpc) is 2.90. The van der Waals surface area contributed by atoms with Gasteiger partial charge in [0.2, 0.25) is 11.8 Å². The highest BCUT2D eigenvalue weighted by Gasteiger charge is 2.34. The van der Waals surface area contributed by atoms with E-state index >= 15 is 0 Å². The van der Waals surface area contributed by atoms with Gasteiger partial charge in [-0.2, -0.15) is 0 Å². The summed E-state index contributed by atoms with van der Waals surface area (Å²) < 4.78 is 34.1. The molecule has 1 N–H and O–H groups in total. The third kappa shape index (κ3) is 8.15. The lowest BCUT2D eigenvalue weighted by molar-refractivity contribution is -0.140. The Balaban J connectivity index is 2.09. The number of amides is 2. The van der Waals surface area contributed by atoms with Gasteiger partial charge in [0.1, 0.15) is 18.3 Å². The Labute approximate surface area is 252 Å². The second-order valence-electron chi connectivity index (χ2n) is 10.7. The zero-order chi connectivity index (χ0) is 30.5. The van der Waals surface area contributed by atoms with Gasteiger partial charge in [0.15, 0.2) is 0 Å². The van der Waals surface area contributed by atoms with Crippen LogP contribution in [0.5, 0.6) is 5.75 Å². The quantitative estimate of drug-likeness (QED) is 0.308. The third-order valence-corrected chi connectivity index (χ3v) is 8.73. The molecule has 0 bridgehead atoms. The van der Waals surface area contributed by atoms with E-state index < -0.39 is 40.0 Å². The Kier molecular flexibility index (Phi) is 10.3. The lowest BCUT2D eigenvalue weighted by Crippen LogP contribution is -2.54. The summed E-state index contributed by atoms with van der Waals surface area (Å²) >= 11 is 12.8. The normalized spacial score (nSPS) is 12.4. The molecule has 0 aliphatic carbocycles. The average molecular weight is 621 g/mol. The highest BCUT2D eigenvalue weighted by atomic mass is 35.5. The van der Waals surface area contributed by atoms with E-state index in [1.807, 2.05) is 27.7 Å². The zero-order valence-electron chi connectivity index (χ0n) is 23.9. The molecule has 220 valence electrons. The number of nitrogens with one attached hydrogen (secondary N) is 1. The molecule has 0 spiro atoms. The fraction of sp³-hybridized carbons (Fsp3) is 0.333. The van der Waals surface area contributed by atoms with Gasteiger partial charge >= 0.3 is 0 Å². The maximum Gasteiger partial charge on any atom is 0.264 e. The lowest BCUT2D eigenvalue weighted by Gasteiger charge is -2.33. The molecule has 11 heteroatoms. The number of aryl methyl sites for hydroxylation is 1. The smallest absolute Gasteiger partial charge is 0.264 e. The van der Waals surface area contributed by atoms with Crippen LogP contribution in [0.4, 0.5) is 5.69 Å². The van der Waals surface area contributed by atoms with E-state index in [0.29, 0.717) is 16.3 Å². The van der Waals surface area contributed by atoms with Crippen molar-refractivity contribution in [2.75, 3.05) is 18.0 Å². The van der Waals surface area contributed by atoms with Crippen LogP contribution in [0.1, 0.15) is 38.8 Å². The van der Waals surface area contributed by atoms with Gasteiger partial charge in [-0.25, -0.2) is 8.42 Å². The maximum absolute atomic E-state index is 14.0. The molecule has 0 saturated heterocycles. The summed E-state index contributed by atoms with van der Waals surface area (Å²) in [4.78, 5) is 28.6. The van der Waals surface area contributed by atoms with Crippen LogP contribution in [0, 0.1) is 6.92 Å². The number of carbonyl (C=O) groups excluding carboxylic acids is 2. The summed E-state index contributed by atoms with van der Waals surface area (Å²) in [6.07, 6.45) is 0. The van der Waals surface area contributed by atoms with Gasteiger partial charge in [-0.15, -0.1) is 0 Å². The third-order valence-electron chi connectivity index (χ3n) is 6.28. The van der Waals surface area contributed by atoms with Crippen LogP contribution in [0.25, 0.3) is 0 Å². The predicted octanol–water partition coefficient (Wildman–Crippen LogP) is 5.84. The molecule has 0 radical (unpaired) electrons. The summed E-state index contributed by atoms with van der Waals surface area (Å²) in [7, 11) is -2.79. The number of nitrogens with zero attached hydrogens (tertiary/aromatic N) is 2. The number of benzene rings is 3. The first kappa shape index (κ1) is 32.2. The number of halogens is 2. The second-order valence-corrected chi connectivity index (χ2v) is 13.3. The van der Waals surface area contributed by atoms with Gasteiger partial charge in [-0.1, -0.05) is 59.1 Å². The number of sulfonamides is 1. The van der Waals surface area contributed by atoms with E-state index in [-0.39, 0.29) is 22.2 Å². The predicted molar refractivity (Wildman–Crippen MR) is 163 cm³/mol. The molecule has 0 aliphatic heterocycles. The van der Waals surface area contributed by atoms with E-state index in [1.165, 1.54) is 42.3 Å². The second kappa shape index (κ2) is 13.1. The topological polar surface area (TPSA) is 96.0 Å². The number of methoxy groups -OCH3 is 1. The minimum absolute atomic E-state index is 0.000909. The van der Waals surface area contributed by atoms with Crippen molar-refractivity contribution in [1.29, 1.82) is 0 Å². The van der Waals surface area contributed by atoms with Gasteiger partial charge in [0, 0.05) is 17.1 Å². The summed E-state index contributed by atoms with van der Waals surface area (Å²) in [5.41, 5.74) is 1.10. The standard InChI is InChI=1S/C30H35Cl2N3O5S/c1-20-11-14-24(15-12-20)41(38,39)35(23-13-16-27(40-6)26(32)17-23)19-28(36)34(18-22-9-7-8-10-25(22)31)21(2)29(37)33-30(3,4)5/h7-17,21H,18-19H2,1-6H3,(H,33,37)/t21-/m1/s1. The Morgan fingerprint density at radius 2 is 1.61 bits per heavy atom. The molecule has 0 saturated carbocycles. The highest BCUT2D eigenvalue weighted by molar-refractivity contribution is 7.92. The number of hydrogen-bond acceptors (Lipinski definition) is 5. The van der Waals surface area contributed by atoms with Crippen molar-refractivity contribution in [2.45, 2.75) is 57.6 Å². The number of hydrogen-bond donors (Lipinski definition) is 1. The minimum atomic E-state index is -4.23. The molecule has 8 nitrogen and oxygen atoms in total.